The molecule has 0 atom stereocenters. The summed E-state index contributed by atoms with van der Waals surface area (Å²) in [5.41, 5.74) is -2.14. The fraction of sp³-hybridized carbons (Fsp3) is 0.0857. The fourth-order valence-electron chi connectivity index (χ4n) is 5.53. The second-order valence-corrected chi connectivity index (χ2v) is 10.7. The molecule has 13 heteroatoms. The number of alkyl halides is 6. The maximum absolute atomic E-state index is 14.8. The van der Waals surface area contributed by atoms with E-state index in [9.17, 15) is 30.7 Å². The Hall–Kier alpha value is -4.96. The van der Waals surface area contributed by atoms with Crippen molar-refractivity contribution in [3.63, 3.8) is 0 Å². The number of fused-ring (bicyclic) bond motifs is 3. The summed E-state index contributed by atoms with van der Waals surface area (Å²) in [5, 5.41) is 5.74. The number of hydrogen-bond acceptors (Lipinski definition) is 3. The number of aryl methyl sites for hydroxylation is 1. The van der Waals surface area contributed by atoms with Crippen LogP contribution in [0, 0.1) is 24.9 Å². The Labute approximate surface area is 282 Å². The van der Waals surface area contributed by atoms with Crippen LogP contribution in [0.3, 0.4) is 0 Å². The molecule has 0 aliphatic carbocycles. The normalized spacial score (nSPS) is 12.0. The van der Waals surface area contributed by atoms with Gasteiger partial charge in [-0.3, -0.25) is 4.68 Å². The standard InChI is InChI=1S/C35H19F7N4O.Pt/c1-20-11-12-43-32(13-20)46-30-8-3-2-5-26(30)27-10-9-24(17-31(27)46)47-25-15-22(36)14-23(16-25)45-19-21(18-44-45)33-28(34(37,38)39)6-4-7-29(33)35(40,41)42;/h2-15,18-19H,1H3;/q-2;+2. The molecule has 0 unspecified atom stereocenters. The van der Waals surface area contributed by atoms with E-state index in [0.717, 1.165) is 51.1 Å². The molecule has 0 saturated heterocycles. The third kappa shape index (κ3) is 6.08. The first-order chi connectivity index (χ1) is 22.4. The molecular formula is C35H19F7N4OPt. The van der Waals surface area contributed by atoms with Gasteiger partial charge in [0.25, 0.3) is 0 Å². The molecule has 0 saturated carbocycles. The van der Waals surface area contributed by atoms with Crippen molar-refractivity contribution in [3.05, 3.63) is 132 Å². The van der Waals surface area contributed by atoms with Crippen molar-refractivity contribution in [2.45, 2.75) is 19.3 Å². The molecule has 0 radical (unpaired) electrons. The predicted octanol–water partition coefficient (Wildman–Crippen LogP) is 9.91. The third-order valence-corrected chi connectivity index (χ3v) is 7.50. The van der Waals surface area contributed by atoms with Gasteiger partial charge in [-0.1, -0.05) is 35.8 Å². The molecule has 0 amide bonds. The zero-order valence-electron chi connectivity index (χ0n) is 24.4. The SMILES string of the molecule is Cc1ccnc(-n2c3[c-]c(Oc4[c-]c(-n5cc(-c6c(C(F)(F)F)cccc6C(F)(F)F)cn5)cc(F)c4)ccc3c3ccccc32)c1.[Pt+2]. The zero-order valence-corrected chi connectivity index (χ0v) is 26.7. The number of nitrogens with zero attached hydrogens (tertiary/aromatic N) is 4. The molecular weight excluding hydrogens is 820 g/mol. The number of pyridine rings is 1. The van der Waals surface area contributed by atoms with E-state index in [2.05, 4.69) is 22.2 Å². The van der Waals surface area contributed by atoms with Crippen molar-refractivity contribution in [3.8, 4) is 34.1 Å². The van der Waals surface area contributed by atoms with Crippen LogP contribution < -0.4 is 4.74 Å². The van der Waals surface area contributed by atoms with Crippen molar-refractivity contribution in [2.75, 3.05) is 0 Å². The van der Waals surface area contributed by atoms with Crippen molar-refractivity contribution in [1.82, 2.24) is 19.3 Å². The van der Waals surface area contributed by atoms with Crippen molar-refractivity contribution in [2.24, 2.45) is 0 Å². The Bertz CT molecular complexity index is 2280. The molecule has 0 aliphatic rings. The van der Waals surface area contributed by atoms with Crippen molar-refractivity contribution in [1.29, 1.82) is 0 Å². The van der Waals surface area contributed by atoms with E-state index in [0.29, 0.717) is 29.5 Å². The fourth-order valence-corrected chi connectivity index (χ4v) is 5.53. The number of rotatable bonds is 5. The van der Waals surface area contributed by atoms with E-state index in [4.69, 9.17) is 4.74 Å². The average Bonchev–Trinajstić information content (AvgIpc) is 3.63. The third-order valence-electron chi connectivity index (χ3n) is 7.50. The minimum absolute atomic E-state index is 0. The molecule has 0 bridgehead atoms. The van der Waals surface area contributed by atoms with Crippen LogP contribution in [0.5, 0.6) is 11.5 Å². The van der Waals surface area contributed by atoms with Crippen LogP contribution in [0.25, 0.3) is 44.4 Å². The second-order valence-electron chi connectivity index (χ2n) is 10.7. The summed E-state index contributed by atoms with van der Waals surface area (Å²) in [4.78, 5) is 4.53. The van der Waals surface area contributed by atoms with E-state index < -0.39 is 40.4 Å². The Balaban J connectivity index is 0.00000401. The Morgan fingerprint density at radius 2 is 1.50 bits per heavy atom. The largest absolute Gasteiger partial charge is 2.00 e. The van der Waals surface area contributed by atoms with E-state index in [1.54, 1.807) is 12.3 Å². The van der Waals surface area contributed by atoms with Crippen LogP contribution >= 0.6 is 0 Å². The summed E-state index contributed by atoms with van der Waals surface area (Å²) in [7, 11) is 0. The summed E-state index contributed by atoms with van der Waals surface area (Å²) >= 11 is 0. The molecule has 7 aromatic rings. The van der Waals surface area contributed by atoms with Crippen LogP contribution in [0.1, 0.15) is 16.7 Å². The van der Waals surface area contributed by atoms with Crippen molar-refractivity contribution < 1.29 is 56.5 Å². The Morgan fingerprint density at radius 3 is 2.21 bits per heavy atom. The van der Waals surface area contributed by atoms with Gasteiger partial charge in [-0.2, -0.15) is 37.5 Å². The summed E-state index contributed by atoms with van der Waals surface area (Å²) in [5.74, 6) is -0.0937. The minimum atomic E-state index is -5.08. The van der Waals surface area contributed by atoms with Crippen LogP contribution in [0.4, 0.5) is 30.7 Å². The van der Waals surface area contributed by atoms with Gasteiger partial charge in [-0.25, -0.2) is 9.37 Å². The van der Waals surface area contributed by atoms with Gasteiger partial charge >= 0.3 is 33.4 Å². The van der Waals surface area contributed by atoms with Gasteiger partial charge in [0.05, 0.1) is 17.3 Å². The summed E-state index contributed by atoms with van der Waals surface area (Å²) in [6.45, 7) is 1.95. The molecule has 4 aromatic carbocycles. The maximum Gasteiger partial charge on any atom is 2.00 e. The number of para-hydroxylation sites is 1. The number of aromatic nitrogens is 4. The van der Waals surface area contributed by atoms with Gasteiger partial charge in [0.15, 0.2) is 0 Å². The van der Waals surface area contributed by atoms with Crippen LogP contribution in [0.15, 0.2) is 97.5 Å². The van der Waals surface area contributed by atoms with Crippen LogP contribution in [-0.2, 0) is 33.4 Å². The van der Waals surface area contributed by atoms with Gasteiger partial charge in [0.1, 0.15) is 5.82 Å². The minimum Gasteiger partial charge on any atom is -0.509 e. The Morgan fingerprint density at radius 1 is 0.771 bits per heavy atom. The van der Waals surface area contributed by atoms with Crippen molar-refractivity contribution >= 4 is 21.8 Å². The van der Waals surface area contributed by atoms with E-state index >= 15 is 0 Å². The van der Waals surface area contributed by atoms with Gasteiger partial charge in [0, 0.05) is 46.4 Å². The number of ether oxygens (including phenoxy) is 1. The molecule has 48 heavy (non-hydrogen) atoms. The number of benzene rings is 4. The van der Waals surface area contributed by atoms with Gasteiger partial charge in [0.2, 0.25) is 0 Å². The summed E-state index contributed by atoms with van der Waals surface area (Å²) in [6, 6.07) is 24.8. The number of halogens is 7. The van der Waals surface area contributed by atoms with E-state index in [1.165, 1.54) is 0 Å². The smallest absolute Gasteiger partial charge is 0.509 e. The van der Waals surface area contributed by atoms with Crippen LogP contribution in [0.2, 0.25) is 0 Å². The summed E-state index contributed by atoms with van der Waals surface area (Å²) < 4.78 is 106. The van der Waals surface area contributed by atoms with Gasteiger partial charge < -0.3 is 9.30 Å². The quantitative estimate of drug-likeness (QED) is 0.128. The second kappa shape index (κ2) is 12.2. The first-order valence-corrected chi connectivity index (χ1v) is 14.0. The molecule has 0 fully saturated rings. The average molecular weight is 840 g/mol. The first kappa shape index (κ1) is 33.0. The van der Waals surface area contributed by atoms with E-state index in [-0.39, 0.29) is 38.3 Å². The molecule has 3 heterocycles. The zero-order chi connectivity index (χ0) is 33.1. The van der Waals surface area contributed by atoms with Gasteiger partial charge in [-0.05, 0) is 53.9 Å². The van der Waals surface area contributed by atoms with E-state index in [1.807, 2.05) is 54.0 Å². The topological polar surface area (TPSA) is 44.9 Å². The predicted molar refractivity (Wildman–Crippen MR) is 160 cm³/mol. The van der Waals surface area contributed by atoms with Crippen LogP contribution in [-0.4, -0.2) is 19.3 Å². The Kier molecular flexibility index (Phi) is 8.41. The molecule has 7 rings (SSSR count). The molecule has 0 spiro atoms. The first-order valence-electron chi connectivity index (χ1n) is 14.0. The molecule has 0 aliphatic heterocycles. The molecule has 5 nitrogen and oxygen atoms in total. The maximum atomic E-state index is 14.8. The molecule has 3 aromatic heterocycles. The molecule has 0 N–H and O–H groups in total. The van der Waals surface area contributed by atoms with Gasteiger partial charge in [-0.15, -0.1) is 29.7 Å². The molecule has 244 valence electrons. The summed E-state index contributed by atoms with van der Waals surface area (Å²) in [6.07, 6.45) is -6.67. The monoisotopic (exact) mass is 839 g/mol. The number of hydrogen-bond donors (Lipinski definition) is 0.